The number of aromatic amines is 1. The summed E-state index contributed by atoms with van der Waals surface area (Å²) in [5.41, 5.74) is 1.80. The van der Waals surface area contributed by atoms with Crippen LogP contribution in [-0.4, -0.2) is 64.3 Å². The van der Waals surface area contributed by atoms with E-state index in [1.54, 1.807) is 0 Å². The van der Waals surface area contributed by atoms with E-state index in [0.29, 0.717) is 0 Å². The summed E-state index contributed by atoms with van der Waals surface area (Å²) in [5, 5.41) is 5.91. The van der Waals surface area contributed by atoms with Crippen LogP contribution in [0.15, 0.2) is 30.5 Å². The van der Waals surface area contributed by atoms with Crippen LogP contribution in [0.25, 0.3) is 10.9 Å². The number of hydrogen-bond donors (Lipinski definition) is 3. The lowest BCUT2D eigenvalue weighted by Gasteiger charge is -2.37. The van der Waals surface area contributed by atoms with E-state index in [1.807, 2.05) is 30.5 Å². The molecular weight excluding hydrogens is 468 g/mol. The molecule has 1 saturated carbocycles. The Bertz CT molecular complexity index is 1280. The van der Waals surface area contributed by atoms with Crippen LogP contribution in [-0.2, 0) is 30.6 Å². The Kier molecular flexibility index (Phi) is 5.89. The van der Waals surface area contributed by atoms with E-state index in [1.165, 1.54) is 18.7 Å². The number of rotatable bonds is 6. The van der Waals surface area contributed by atoms with Crippen molar-refractivity contribution in [3.8, 4) is 0 Å². The lowest BCUT2D eigenvalue weighted by atomic mass is 9.94. The van der Waals surface area contributed by atoms with Crippen molar-refractivity contribution in [1.29, 1.82) is 0 Å². The summed E-state index contributed by atoms with van der Waals surface area (Å²) in [6.07, 6.45) is 7.03. The Balaban J connectivity index is 1.41. The van der Waals surface area contributed by atoms with Gasteiger partial charge in [0.05, 0.1) is 11.2 Å². The Morgan fingerprint density at radius 1 is 1.17 bits per heavy atom. The zero-order valence-corrected chi connectivity index (χ0v) is 20.9. The normalized spacial score (nSPS) is 26.1. The van der Waals surface area contributed by atoms with Crippen LogP contribution in [0.2, 0.25) is 0 Å². The highest BCUT2D eigenvalue weighted by molar-refractivity contribution is 7.93. The van der Waals surface area contributed by atoms with Crippen molar-refractivity contribution in [2.24, 2.45) is 0 Å². The van der Waals surface area contributed by atoms with E-state index in [9.17, 15) is 22.8 Å². The van der Waals surface area contributed by atoms with Gasteiger partial charge in [0.2, 0.25) is 17.7 Å². The molecule has 188 valence electrons. The molecule has 3 atom stereocenters. The summed E-state index contributed by atoms with van der Waals surface area (Å²) >= 11 is 0. The van der Waals surface area contributed by atoms with Gasteiger partial charge in [-0.3, -0.25) is 14.4 Å². The van der Waals surface area contributed by atoms with Crippen LogP contribution in [0.5, 0.6) is 0 Å². The largest absolute Gasteiger partial charge is 0.361 e. The fourth-order valence-electron chi connectivity index (χ4n) is 5.78. The van der Waals surface area contributed by atoms with E-state index in [2.05, 4.69) is 15.6 Å². The SMILES string of the molecule is CC1(C)[C@H](C(=O)N[C@@H](Cc2c[nH]c3ccccc23)C(=O)NC2CCCCC2)N2C(=O)C[C@H]2S1(=O)=O. The molecule has 1 aromatic carbocycles. The molecule has 0 unspecified atom stereocenters. The first-order valence-electron chi connectivity index (χ1n) is 12.3. The monoisotopic (exact) mass is 500 g/mol. The van der Waals surface area contributed by atoms with Crippen LogP contribution in [0.4, 0.5) is 0 Å². The number of amides is 3. The summed E-state index contributed by atoms with van der Waals surface area (Å²) in [6.45, 7) is 2.96. The minimum atomic E-state index is -3.71. The topological polar surface area (TPSA) is 128 Å². The van der Waals surface area contributed by atoms with E-state index in [4.69, 9.17) is 0 Å². The number of carbonyl (C=O) groups excluding carboxylic acids is 3. The minimum absolute atomic E-state index is 0.0586. The predicted molar refractivity (Wildman–Crippen MR) is 131 cm³/mol. The number of carbonyl (C=O) groups is 3. The van der Waals surface area contributed by atoms with Gasteiger partial charge in [0.25, 0.3) is 0 Å². The Hall–Kier alpha value is -2.88. The maximum Gasteiger partial charge on any atom is 0.245 e. The van der Waals surface area contributed by atoms with Crippen molar-refractivity contribution in [2.45, 2.75) is 87.0 Å². The summed E-state index contributed by atoms with van der Waals surface area (Å²) in [5.74, 6) is -1.26. The van der Waals surface area contributed by atoms with Crippen LogP contribution in [0.3, 0.4) is 0 Å². The van der Waals surface area contributed by atoms with Crippen LogP contribution < -0.4 is 10.6 Å². The molecule has 1 aliphatic carbocycles. The lowest BCUT2D eigenvalue weighted by Crippen LogP contribution is -2.62. The molecule has 2 aromatic rings. The van der Waals surface area contributed by atoms with E-state index < -0.39 is 37.9 Å². The van der Waals surface area contributed by atoms with Gasteiger partial charge in [-0.15, -0.1) is 0 Å². The number of benzene rings is 1. The Labute approximate surface area is 204 Å². The van der Waals surface area contributed by atoms with Gasteiger partial charge in [-0.25, -0.2) is 8.42 Å². The van der Waals surface area contributed by atoms with Crippen molar-refractivity contribution < 1.29 is 22.8 Å². The molecule has 0 radical (unpaired) electrons. The second-order valence-corrected chi connectivity index (χ2v) is 13.2. The van der Waals surface area contributed by atoms with Gasteiger partial charge in [0, 0.05) is 29.6 Å². The quantitative estimate of drug-likeness (QED) is 0.521. The van der Waals surface area contributed by atoms with E-state index >= 15 is 0 Å². The maximum atomic E-state index is 13.5. The number of nitrogens with one attached hydrogen (secondary N) is 3. The summed E-state index contributed by atoms with van der Waals surface area (Å²) in [7, 11) is -3.71. The summed E-state index contributed by atoms with van der Waals surface area (Å²) in [4.78, 5) is 43.6. The van der Waals surface area contributed by atoms with Gasteiger partial charge in [0.15, 0.2) is 9.84 Å². The highest BCUT2D eigenvalue weighted by Gasteiger charge is 2.67. The molecule has 0 bridgehead atoms. The highest BCUT2D eigenvalue weighted by atomic mass is 32.2. The molecule has 9 nitrogen and oxygen atoms in total. The van der Waals surface area contributed by atoms with Crippen LogP contribution >= 0.6 is 0 Å². The number of sulfone groups is 1. The number of H-pyrrole nitrogens is 1. The smallest absolute Gasteiger partial charge is 0.245 e. The third-order valence-corrected chi connectivity index (χ3v) is 10.7. The molecule has 35 heavy (non-hydrogen) atoms. The molecule has 3 heterocycles. The van der Waals surface area contributed by atoms with Gasteiger partial charge in [-0.05, 0) is 38.3 Å². The molecular formula is C25H32N4O5S. The Morgan fingerprint density at radius 3 is 2.60 bits per heavy atom. The maximum absolute atomic E-state index is 13.5. The standard InChI is InChI=1S/C25H32N4O5S/c1-25(2)22(29-20(30)13-21(29)35(25,33)34)24(32)28-19(23(31)27-16-8-4-3-5-9-16)12-15-14-26-18-11-7-6-10-17(15)18/h6-7,10-11,14,16,19,21-22,26H,3-5,8-9,12-13H2,1-2H3,(H,27,31)(H,28,32)/t19-,21+,22-/m0/s1. The first kappa shape index (κ1) is 23.8. The van der Waals surface area contributed by atoms with Gasteiger partial charge in [0.1, 0.15) is 17.5 Å². The van der Waals surface area contributed by atoms with E-state index in [-0.39, 0.29) is 30.7 Å². The van der Waals surface area contributed by atoms with Crippen molar-refractivity contribution in [3.05, 3.63) is 36.0 Å². The first-order chi connectivity index (χ1) is 16.6. The van der Waals surface area contributed by atoms with Crippen molar-refractivity contribution in [2.75, 3.05) is 0 Å². The highest BCUT2D eigenvalue weighted by Crippen LogP contribution is 2.45. The second-order valence-electron chi connectivity index (χ2n) is 10.5. The van der Waals surface area contributed by atoms with Gasteiger partial charge >= 0.3 is 0 Å². The van der Waals surface area contributed by atoms with Crippen molar-refractivity contribution in [3.63, 3.8) is 0 Å². The van der Waals surface area contributed by atoms with Crippen LogP contribution in [0, 0.1) is 0 Å². The van der Waals surface area contributed by atoms with Gasteiger partial charge in [-0.2, -0.15) is 0 Å². The van der Waals surface area contributed by atoms with Crippen LogP contribution in [0.1, 0.15) is 57.9 Å². The fraction of sp³-hybridized carbons (Fsp3) is 0.560. The van der Waals surface area contributed by atoms with Crippen molar-refractivity contribution >= 4 is 38.5 Å². The predicted octanol–water partition coefficient (Wildman–Crippen LogP) is 1.78. The average molecular weight is 501 g/mol. The first-order valence-corrected chi connectivity index (χ1v) is 13.9. The summed E-state index contributed by atoms with van der Waals surface area (Å²) < 4.78 is 24.5. The van der Waals surface area contributed by atoms with E-state index in [0.717, 1.165) is 48.6 Å². The molecule has 5 rings (SSSR count). The third-order valence-electron chi connectivity index (χ3n) is 7.91. The number of fused-ring (bicyclic) bond motifs is 2. The molecule has 3 fully saturated rings. The Morgan fingerprint density at radius 2 is 1.89 bits per heavy atom. The van der Waals surface area contributed by atoms with Gasteiger partial charge in [-0.1, -0.05) is 37.5 Å². The zero-order chi connectivity index (χ0) is 25.0. The fourth-order valence-corrected chi connectivity index (χ4v) is 7.92. The lowest BCUT2D eigenvalue weighted by molar-refractivity contribution is -0.150. The molecule has 2 saturated heterocycles. The summed E-state index contributed by atoms with van der Waals surface area (Å²) in [6, 6.07) is 5.70. The molecule has 3 amide bonds. The molecule has 2 aliphatic heterocycles. The molecule has 1 aromatic heterocycles. The zero-order valence-electron chi connectivity index (χ0n) is 20.0. The number of nitrogens with zero attached hydrogens (tertiary/aromatic N) is 1. The number of hydrogen-bond acceptors (Lipinski definition) is 5. The third kappa shape index (κ3) is 3.91. The molecule has 0 spiro atoms. The second kappa shape index (κ2) is 8.65. The average Bonchev–Trinajstić information content (AvgIpc) is 3.28. The molecule has 10 heteroatoms. The number of aromatic nitrogens is 1. The number of para-hydroxylation sites is 1. The molecule has 3 N–H and O–H groups in total. The number of β-lactam (4-membered cyclic amide) rings is 1. The van der Waals surface area contributed by atoms with Gasteiger partial charge < -0.3 is 20.5 Å². The molecule has 3 aliphatic rings. The van der Waals surface area contributed by atoms with Crippen molar-refractivity contribution in [1.82, 2.24) is 20.5 Å². The minimum Gasteiger partial charge on any atom is -0.361 e.